The van der Waals surface area contributed by atoms with Gasteiger partial charge >= 0.3 is 0 Å². The van der Waals surface area contributed by atoms with Gasteiger partial charge in [-0.3, -0.25) is 9.69 Å². The van der Waals surface area contributed by atoms with Crippen LogP contribution in [-0.2, 0) is 4.79 Å². The van der Waals surface area contributed by atoms with Crippen molar-refractivity contribution in [2.45, 2.75) is 19.3 Å². The number of nitrogens with zero attached hydrogens (tertiary/aromatic N) is 2. The number of rotatable bonds is 3. The Morgan fingerprint density at radius 3 is 2.83 bits per heavy atom. The van der Waals surface area contributed by atoms with Crippen molar-refractivity contribution in [3.8, 4) is 0 Å². The Hall–Kier alpha value is -1.90. The quantitative estimate of drug-likeness (QED) is 0.826. The van der Waals surface area contributed by atoms with Crippen LogP contribution in [0.5, 0.6) is 0 Å². The molecule has 1 aliphatic rings. The predicted molar refractivity (Wildman–Crippen MR) is 72.5 cm³/mol. The third-order valence-electron chi connectivity index (χ3n) is 3.46. The third-order valence-corrected chi connectivity index (χ3v) is 3.46. The average molecular weight is 240 g/mol. The van der Waals surface area contributed by atoms with Crippen LogP contribution in [0.3, 0.4) is 0 Å². The number of aromatic nitrogens is 1. The molecule has 0 atom stereocenters. The van der Waals surface area contributed by atoms with Crippen LogP contribution in [-0.4, -0.2) is 17.9 Å². The molecule has 3 nitrogen and oxygen atoms in total. The van der Waals surface area contributed by atoms with Gasteiger partial charge < -0.3 is 0 Å². The molecule has 0 N–H and O–H groups in total. The smallest absolute Gasteiger partial charge is 0.228 e. The fourth-order valence-electron chi connectivity index (χ4n) is 2.08. The molecule has 18 heavy (non-hydrogen) atoms. The molecule has 3 heteroatoms. The number of benzene rings is 1. The molecule has 0 spiro atoms. The zero-order chi connectivity index (χ0) is 12.5. The van der Waals surface area contributed by atoms with Crippen molar-refractivity contribution in [1.29, 1.82) is 0 Å². The van der Waals surface area contributed by atoms with Crippen LogP contribution in [0.25, 0.3) is 10.9 Å². The lowest BCUT2D eigenvalue weighted by atomic mass is 10.2. The van der Waals surface area contributed by atoms with Crippen LogP contribution in [0, 0.1) is 5.92 Å². The topological polar surface area (TPSA) is 33.2 Å². The minimum Gasteiger partial charge on any atom is -0.300 e. The molecule has 0 saturated heterocycles. The van der Waals surface area contributed by atoms with Gasteiger partial charge in [0.25, 0.3) is 0 Å². The number of hydrogen-bond acceptors (Lipinski definition) is 2. The minimum absolute atomic E-state index is 0.167. The zero-order valence-electron chi connectivity index (χ0n) is 10.5. The van der Waals surface area contributed by atoms with Crippen LogP contribution in [0.4, 0.5) is 5.82 Å². The predicted octanol–water partition coefficient (Wildman–Crippen LogP) is 3.00. The van der Waals surface area contributed by atoms with Gasteiger partial charge in [0, 0.05) is 18.9 Å². The van der Waals surface area contributed by atoms with E-state index in [0.29, 0.717) is 12.3 Å². The fourth-order valence-corrected chi connectivity index (χ4v) is 2.08. The van der Waals surface area contributed by atoms with E-state index in [1.807, 2.05) is 43.4 Å². The van der Waals surface area contributed by atoms with E-state index in [-0.39, 0.29) is 5.91 Å². The van der Waals surface area contributed by atoms with Crippen LogP contribution in [0.1, 0.15) is 19.3 Å². The number of para-hydroxylation sites is 1. The second kappa shape index (κ2) is 4.41. The summed E-state index contributed by atoms with van der Waals surface area (Å²) in [5, 5.41) is 1.10. The van der Waals surface area contributed by atoms with Crippen molar-refractivity contribution in [3.63, 3.8) is 0 Å². The SMILES string of the molecule is CN(C(=O)CC1CC1)c1ccc2ccccc2n1. The van der Waals surface area contributed by atoms with E-state index in [0.717, 1.165) is 16.7 Å². The highest BCUT2D eigenvalue weighted by Gasteiger charge is 2.26. The molecule has 1 heterocycles. The first kappa shape index (κ1) is 11.2. The maximum absolute atomic E-state index is 12.0. The van der Waals surface area contributed by atoms with E-state index >= 15 is 0 Å². The van der Waals surface area contributed by atoms with Crippen molar-refractivity contribution in [3.05, 3.63) is 36.4 Å². The normalized spacial score (nSPS) is 14.7. The third kappa shape index (κ3) is 2.21. The monoisotopic (exact) mass is 240 g/mol. The number of amides is 1. The molecule has 92 valence electrons. The van der Waals surface area contributed by atoms with Gasteiger partial charge in [-0.25, -0.2) is 4.98 Å². The summed E-state index contributed by atoms with van der Waals surface area (Å²) in [7, 11) is 1.81. The first-order valence-corrected chi connectivity index (χ1v) is 6.36. The molecule has 1 amide bonds. The van der Waals surface area contributed by atoms with Gasteiger partial charge in [0.15, 0.2) is 0 Å². The van der Waals surface area contributed by atoms with Gasteiger partial charge in [-0.2, -0.15) is 0 Å². The molecule has 1 fully saturated rings. The Balaban J connectivity index is 1.85. The van der Waals surface area contributed by atoms with E-state index in [2.05, 4.69) is 4.98 Å². The number of hydrogen-bond donors (Lipinski definition) is 0. The summed E-state index contributed by atoms with van der Waals surface area (Å²) in [5.41, 5.74) is 0.932. The first-order valence-electron chi connectivity index (χ1n) is 6.36. The molecule has 1 saturated carbocycles. The van der Waals surface area contributed by atoms with E-state index < -0.39 is 0 Å². The number of carbonyl (C=O) groups excluding carboxylic acids is 1. The lowest BCUT2D eigenvalue weighted by Gasteiger charge is -2.16. The molecule has 0 radical (unpaired) electrons. The Morgan fingerprint density at radius 2 is 2.06 bits per heavy atom. The lowest BCUT2D eigenvalue weighted by Crippen LogP contribution is -2.27. The summed E-state index contributed by atoms with van der Waals surface area (Å²) in [6, 6.07) is 11.9. The number of anilines is 1. The number of carbonyl (C=O) groups is 1. The Bertz CT molecular complexity index is 590. The first-order chi connectivity index (χ1) is 8.74. The molecular weight excluding hydrogens is 224 g/mol. The molecule has 0 aliphatic heterocycles. The van der Waals surface area contributed by atoms with Gasteiger partial charge in [0.1, 0.15) is 5.82 Å². The second-order valence-electron chi connectivity index (χ2n) is 4.96. The summed E-state index contributed by atoms with van der Waals surface area (Å²) in [4.78, 5) is 18.2. The molecule has 1 aliphatic carbocycles. The van der Waals surface area contributed by atoms with Crippen molar-refractivity contribution in [1.82, 2.24) is 4.98 Å². The molecule has 2 aromatic rings. The fraction of sp³-hybridized carbons (Fsp3) is 0.333. The van der Waals surface area contributed by atoms with Gasteiger partial charge in [-0.15, -0.1) is 0 Å². The van der Waals surface area contributed by atoms with Crippen LogP contribution in [0.2, 0.25) is 0 Å². The maximum atomic E-state index is 12.0. The van der Waals surface area contributed by atoms with Crippen molar-refractivity contribution in [2.24, 2.45) is 5.92 Å². The molecule has 1 aromatic carbocycles. The molecule has 3 rings (SSSR count). The highest BCUT2D eigenvalue weighted by molar-refractivity contribution is 5.93. The largest absolute Gasteiger partial charge is 0.300 e. The summed E-state index contributed by atoms with van der Waals surface area (Å²) in [6.45, 7) is 0. The standard InChI is InChI=1S/C15H16N2O/c1-17(15(18)10-11-6-7-11)14-9-8-12-4-2-3-5-13(12)16-14/h2-5,8-9,11H,6-7,10H2,1H3. The molecule has 1 aromatic heterocycles. The second-order valence-corrected chi connectivity index (χ2v) is 4.96. The van der Waals surface area contributed by atoms with E-state index in [4.69, 9.17) is 0 Å². The minimum atomic E-state index is 0.167. The van der Waals surface area contributed by atoms with E-state index in [9.17, 15) is 4.79 Å². The molecule has 0 unspecified atom stereocenters. The summed E-state index contributed by atoms with van der Waals surface area (Å²) < 4.78 is 0. The lowest BCUT2D eigenvalue weighted by molar-refractivity contribution is -0.118. The summed E-state index contributed by atoms with van der Waals surface area (Å²) in [6.07, 6.45) is 3.06. The van der Waals surface area contributed by atoms with Crippen molar-refractivity contribution in [2.75, 3.05) is 11.9 Å². The number of pyridine rings is 1. The van der Waals surface area contributed by atoms with Gasteiger partial charge in [-0.05, 0) is 37.0 Å². The van der Waals surface area contributed by atoms with Crippen LogP contribution < -0.4 is 4.90 Å². The van der Waals surface area contributed by atoms with Gasteiger partial charge in [0.05, 0.1) is 5.52 Å². The van der Waals surface area contributed by atoms with Crippen LogP contribution >= 0.6 is 0 Å². The van der Waals surface area contributed by atoms with Crippen molar-refractivity contribution < 1.29 is 4.79 Å². The highest BCUT2D eigenvalue weighted by Crippen LogP contribution is 2.33. The van der Waals surface area contributed by atoms with E-state index in [1.54, 1.807) is 4.90 Å². The summed E-state index contributed by atoms with van der Waals surface area (Å²) in [5.74, 6) is 1.51. The molecular formula is C15H16N2O. The Morgan fingerprint density at radius 1 is 1.28 bits per heavy atom. The summed E-state index contributed by atoms with van der Waals surface area (Å²) >= 11 is 0. The van der Waals surface area contributed by atoms with Gasteiger partial charge in [0.2, 0.25) is 5.91 Å². The van der Waals surface area contributed by atoms with Gasteiger partial charge in [-0.1, -0.05) is 18.2 Å². The number of fused-ring (bicyclic) bond motifs is 1. The molecule has 0 bridgehead atoms. The Labute approximate surface area is 106 Å². The average Bonchev–Trinajstić information content (AvgIpc) is 3.21. The zero-order valence-corrected chi connectivity index (χ0v) is 10.5. The van der Waals surface area contributed by atoms with Crippen LogP contribution in [0.15, 0.2) is 36.4 Å². The highest BCUT2D eigenvalue weighted by atomic mass is 16.2. The van der Waals surface area contributed by atoms with Crippen molar-refractivity contribution >= 4 is 22.6 Å². The van der Waals surface area contributed by atoms with E-state index in [1.165, 1.54) is 12.8 Å². The maximum Gasteiger partial charge on any atom is 0.228 e. The Kier molecular flexibility index (Phi) is 2.74.